The van der Waals surface area contributed by atoms with Crippen molar-refractivity contribution in [2.45, 2.75) is 21.9 Å². The van der Waals surface area contributed by atoms with E-state index in [4.69, 9.17) is 11.6 Å². The van der Waals surface area contributed by atoms with Crippen molar-refractivity contribution in [2.24, 2.45) is 0 Å². The predicted octanol–water partition coefficient (Wildman–Crippen LogP) is 3.14. The molecule has 2 heterocycles. The number of carbonyl (C=O) groups excluding carboxylic acids is 2. The van der Waals surface area contributed by atoms with Gasteiger partial charge in [-0.25, -0.2) is 18.2 Å². The lowest BCUT2D eigenvalue weighted by Crippen LogP contribution is -2.20. The number of sulfone groups is 1. The van der Waals surface area contributed by atoms with Crippen LogP contribution in [-0.4, -0.2) is 43.1 Å². The van der Waals surface area contributed by atoms with Crippen LogP contribution in [0.5, 0.6) is 0 Å². The van der Waals surface area contributed by atoms with Gasteiger partial charge in [0.1, 0.15) is 4.88 Å². The van der Waals surface area contributed by atoms with Gasteiger partial charge in [0.05, 0.1) is 29.6 Å². The Kier molecular flexibility index (Phi) is 7.39. The molecule has 1 aromatic carbocycles. The second kappa shape index (κ2) is 9.86. The molecule has 0 saturated heterocycles. The minimum absolute atomic E-state index is 0.0598. The van der Waals surface area contributed by atoms with Crippen LogP contribution >= 0.6 is 34.7 Å². The average molecular weight is 514 g/mol. The van der Waals surface area contributed by atoms with Gasteiger partial charge in [-0.05, 0) is 36.1 Å². The number of thiophene rings is 1. The number of aryl methyl sites for hydroxylation is 1. The summed E-state index contributed by atoms with van der Waals surface area (Å²) in [5, 5.41) is 4.53. The van der Waals surface area contributed by atoms with Crippen LogP contribution in [-0.2, 0) is 19.4 Å². The number of aromatic amines is 1. The number of anilines is 1. The minimum Gasteiger partial charge on any atom is -0.465 e. The lowest BCUT2D eigenvalue weighted by atomic mass is 10.2. The maximum absolute atomic E-state index is 12.8. The Bertz CT molecular complexity index is 1350. The number of amides is 1. The van der Waals surface area contributed by atoms with Crippen molar-refractivity contribution in [3.8, 4) is 0 Å². The highest BCUT2D eigenvalue weighted by molar-refractivity contribution is 7.99. The first kappa shape index (κ1) is 24.0. The van der Waals surface area contributed by atoms with Crippen molar-refractivity contribution < 1.29 is 22.7 Å². The Morgan fingerprint density at radius 2 is 2.06 bits per heavy atom. The molecule has 2 aromatic heterocycles. The number of halogens is 1. The van der Waals surface area contributed by atoms with Gasteiger partial charge in [0.25, 0.3) is 5.56 Å². The van der Waals surface area contributed by atoms with Crippen molar-refractivity contribution in [2.75, 3.05) is 18.2 Å². The van der Waals surface area contributed by atoms with E-state index in [9.17, 15) is 22.8 Å². The van der Waals surface area contributed by atoms with Gasteiger partial charge in [0.2, 0.25) is 15.7 Å². The molecule has 32 heavy (non-hydrogen) atoms. The van der Waals surface area contributed by atoms with E-state index in [-0.39, 0.29) is 25.7 Å². The van der Waals surface area contributed by atoms with E-state index in [0.717, 1.165) is 29.3 Å². The maximum atomic E-state index is 12.8. The number of hydrogen-bond acceptors (Lipinski definition) is 9. The van der Waals surface area contributed by atoms with Gasteiger partial charge >= 0.3 is 5.97 Å². The number of carbonyl (C=O) groups is 2. The van der Waals surface area contributed by atoms with Crippen LogP contribution in [0.2, 0.25) is 5.02 Å². The molecule has 3 aromatic rings. The molecule has 168 valence electrons. The zero-order chi connectivity index (χ0) is 23.5. The molecule has 0 spiro atoms. The number of thioether (sulfide) groups is 1. The van der Waals surface area contributed by atoms with E-state index in [1.807, 2.05) is 0 Å². The smallest absolute Gasteiger partial charge is 0.350 e. The molecule has 0 aliphatic heterocycles. The highest BCUT2D eigenvalue weighted by atomic mass is 35.5. The summed E-state index contributed by atoms with van der Waals surface area (Å²) in [4.78, 5) is 42.2. The molecule has 0 fully saturated rings. The predicted molar refractivity (Wildman–Crippen MR) is 122 cm³/mol. The zero-order valence-electron chi connectivity index (χ0n) is 16.7. The van der Waals surface area contributed by atoms with Crippen LogP contribution in [0.25, 0.3) is 0 Å². The number of methoxy groups -OCH3 is 1. The third kappa shape index (κ3) is 5.21. The fourth-order valence-corrected chi connectivity index (χ4v) is 5.38. The molecule has 0 aliphatic carbocycles. The number of aromatic nitrogens is 2. The summed E-state index contributed by atoms with van der Waals surface area (Å²) in [7, 11) is -2.89. The molecule has 1 amide bonds. The van der Waals surface area contributed by atoms with Crippen molar-refractivity contribution in [1.82, 2.24) is 9.97 Å². The van der Waals surface area contributed by atoms with Gasteiger partial charge in [0.15, 0.2) is 10.1 Å². The quantitative estimate of drug-likeness (QED) is 0.279. The average Bonchev–Trinajstić information content (AvgIpc) is 3.21. The lowest BCUT2D eigenvalue weighted by Gasteiger charge is -2.07. The monoisotopic (exact) mass is 513 g/mol. The number of esters is 1. The first-order valence-corrected chi connectivity index (χ1v) is 12.5. The van der Waals surface area contributed by atoms with Crippen LogP contribution < -0.4 is 10.9 Å². The highest BCUT2D eigenvalue weighted by Gasteiger charge is 2.23. The number of nitrogens with one attached hydrogen (secondary N) is 2. The minimum atomic E-state index is -4.13. The summed E-state index contributed by atoms with van der Waals surface area (Å²) in [5.74, 6) is -1.16. The van der Waals surface area contributed by atoms with Gasteiger partial charge in [0, 0.05) is 5.02 Å². The molecular formula is C19H16ClN3O6S3. The number of nitrogens with zero attached hydrogens (tertiary/aromatic N) is 1. The Hall–Kier alpha value is -2.67. The van der Waals surface area contributed by atoms with E-state index in [1.54, 1.807) is 24.4 Å². The molecule has 0 saturated carbocycles. The molecule has 0 unspecified atom stereocenters. The van der Waals surface area contributed by atoms with Crippen LogP contribution in [0.4, 0.5) is 5.69 Å². The van der Waals surface area contributed by atoms with Gasteiger partial charge in [-0.2, -0.15) is 0 Å². The first-order chi connectivity index (χ1) is 15.1. The van der Waals surface area contributed by atoms with Gasteiger partial charge < -0.3 is 15.0 Å². The molecule has 13 heteroatoms. The number of hydrogen-bond donors (Lipinski definition) is 2. The summed E-state index contributed by atoms with van der Waals surface area (Å²) in [6, 6.07) is 5.73. The molecular weight excluding hydrogens is 498 g/mol. The molecule has 0 atom stereocenters. The van der Waals surface area contributed by atoms with Crippen molar-refractivity contribution in [3.05, 3.63) is 61.7 Å². The normalized spacial score (nSPS) is 11.2. The third-order valence-electron chi connectivity index (χ3n) is 4.14. The number of benzene rings is 1. The van der Waals surface area contributed by atoms with Crippen LogP contribution in [0.15, 0.2) is 55.6 Å². The molecule has 0 aliphatic rings. The third-order valence-corrected chi connectivity index (χ3v) is 8.07. The lowest BCUT2D eigenvalue weighted by molar-refractivity contribution is -0.113. The van der Waals surface area contributed by atoms with E-state index in [0.29, 0.717) is 11.3 Å². The largest absolute Gasteiger partial charge is 0.465 e. The zero-order valence-corrected chi connectivity index (χ0v) is 19.9. The SMILES string of the molecule is COC(=O)c1sccc1NC(=O)CSc1ncc(S(=O)(=O)c2ccc(C)c(Cl)c2)c(=O)[nH]1. The number of ether oxygens (including phenoxy) is 1. The van der Waals surface area contributed by atoms with Crippen molar-refractivity contribution >= 4 is 62.1 Å². The second-order valence-electron chi connectivity index (χ2n) is 6.29. The molecule has 2 N–H and O–H groups in total. The topological polar surface area (TPSA) is 135 Å². The van der Waals surface area contributed by atoms with Gasteiger partial charge in [-0.1, -0.05) is 29.4 Å². The summed E-state index contributed by atoms with van der Waals surface area (Å²) < 4.78 is 30.2. The number of rotatable bonds is 7. The van der Waals surface area contributed by atoms with Crippen LogP contribution in [0.1, 0.15) is 15.2 Å². The summed E-state index contributed by atoms with van der Waals surface area (Å²) in [6.45, 7) is 1.73. The Labute approximate surface area is 196 Å². The Morgan fingerprint density at radius 3 is 2.72 bits per heavy atom. The molecule has 9 nitrogen and oxygen atoms in total. The van der Waals surface area contributed by atoms with Crippen LogP contribution in [0, 0.1) is 6.92 Å². The first-order valence-electron chi connectivity index (χ1n) is 8.82. The fourth-order valence-electron chi connectivity index (χ4n) is 2.48. The van der Waals surface area contributed by atoms with Gasteiger partial charge in [-0.3, -0.25) is 9.59 Å². The summed E-state index contributed by atoms with van der Waals surface area (Å²) in [5.41, 5.74) is 0.140. The Morgan fingerprint density at radius 1 is 1.31 bits per heavy atom. The summed E-state index contributed by atoms with van der Waals surface area (Å²) in [6.07, 6.45) is 0.941. The molecule has 3 rings (SSSR count). The van der Waals surface area contributed by atoms with E-state index in [2.05, 4.69) is 20.0 Å². The molecule has 0 bridgehead atoms. The van der Waals surface area contributed by atoms with Crippen LogP contribution in [0.3, 0.4) is 0 Å². The summed E-state index contributed by atoms with van der Waals surface area (Å²) >= 11 is 8.02. The Balaban J connectivity index is 1.71. The van der Waals surface area contributed by atoms with E-state index in [1.165, 1.54) is 19.2 Å². The highest BCUT2D eigenvalue weighted by Crippen LogP contribution is 2.25. The fraction of sp³-hybridized carbons (Fsp3) is 0.158. The standard InChI is InChI=1S/C19H16ClN3O6S3/c1-10-3-4-11(7-12(10)20)32(27,28)14-8-21-19(23-17(14)25)31-9-15(24)22-13-5-6-30-16(13)18(26)29-2/h3-8H,9H2,1-2H3,(H,22,24)(H,21,23,25). The van der Waals surface area contributed by atoms with E-state index >= 15 is 0 Å². The van der Waals surface area contributed by atoms with E-state index < -0.39 is 32.2 Å². The maximum Gasteiger partial charge on any atom is 0.350 e. The molecule has 0 radical (unpaired) electrons. The van der Waals surface area contributed by atoms with Crippen molar-refractivity contribution in [1.29, 1.82) is 0 Å². The second-order valence-corrected chi connectivity index (χ2v) is 10.5. The number of H-pyrrole nitrogens is 1. The van der Waals surface area contributed by atoms with Gasteiger partial charge in [-0.15, -0.1) is 11.3 Å². The van der Waals surface area contributed by atoms with Crippen molar-refractivity contribution in [3.63, 3.8) is 0 Å².